The van der Waals surface area contributed by atoms with Gasteiger partial charge in [-0.2, -0.15) is 0 Å². The van der Waals surface area contributed by atoms with E-state index in [1.165, 1.54) is 0 Å². The van der Waals surface area contributed by atoms with E-state index in [1.54, 1.807) is 4.90 Å². The fourth-order valence-electron chi connectivity index (χ4n) is 2.07. The van der Waals surface area contributed by atoms with Gasteiger partial charge in [-0.15, -0.1) is 0 Å². The first-order chi connectivity index (χ1) is 8.79. The molecule has 1 N–H and O–H groups in total. The van der Waals surface area contributed by atoms with Crippen LogP contribution in [0.4, 0.5) is 0 Å². The van der Waals surface area contributed by atoms with Gasteiger partial charge in [-0.1, -0.05) is 20.8 Å². The third kappa shape index (κ3) is 6.05. The maximum Gasteiger partial charge on any atom is 0.307 e. The third-order valence-corrected chi connectivity index (χ3v) is 3.38. The molecule has 0 aliphatic carbocycles. The Kier molecular flexibility index (Phi) is 5.79. The predicted octanol–water partition coefficient (Wildman–Crippen LogP) is 1.76. The van der Waals surface area contributed by atoms with Gasteiger partial charge >= 0.3 is 5.97 Å². The number of rotatable bonds is 5. The van der Waals surface area contributed by atoms with Crippen LogP contribution >= 0.6 is 0 Å². The van der Waals surface area contributed by atoms with E-state index in [1.807, 2.05) is 0 Å². The molecule has 1 aliphatic heterocycles. The molecule has 0 spiro atoms. The van der Waals surface area contributed by atoms with Gasteiger partial charge in [0, 0.05) is 19.5 Å². The second-order valence-electron chi connectivity index (χ2n) is 6.33. The maximum absolute atomic E-state index is 12.0. The zero-order valence-corrected chi connectivity index (χ0v) is 12.1. The first-order valence-electron chi connectivity index (χ1n) is 6.88. The summed E-state index contributed by atoms with van der Waals surface area (Å²) >= 11 is 0. The predicted molar refractivity (Wildman–Crippen MR) is 71.8 cm³/mol. The van der Waals surface area contributed by atoms with Gasteiger partial charge in [0.2, 0.25) is 5.91 Å². The molecule has 5 heteroatoms. The topological polar surface area (TPSA) is 66.8 Å². The summed E-state index contributed by atoms with van der Waals surface area (Å²) in [6.45, 7) is 8.48. The Morgan fingerprint density at radius 1 is 1.26 bits per heavy atom. The van der Waals surface area contributed by atoms with Gasteiger partial charge in [0.05, 0.1) is 19.1 Å². The number of carbonyl (C=O) groups excluding carboxylic acids is 1. The van der Waals surface area contributed by atoms with Gasteiger partial charge in [0.15, 0.2) is 0 Å². The Labute approximate surface area is 114 Å². The highest BCUT2D eigenvalue weighted by molar-refractivity contribution is 5.82. The molecule has 1 heterocycles. The molecule has 1 amide bonds. The Hall–Kier alpha value is -1.10. The van der Waals surface area contributed by atoms with Crippen LogP contribution in [0.15, 0.2) is 0 Å². The van der Waals surface area contributed by atoms with Crippen LogP contribution in [0.3, 0.4) is 0 Å². The average Bonchev–Trinajstić information content (AvgIpc) is 2.33. The van der Waals surface area contributed by atoms with Crippen molar-refractivity contribution >= 4 is 11.9 Å². The van der Waals surface area contributed by atoms with Gasteiger partial charge in [-0.25, -0.2) is 0 Å². The minimum absolute atomic E-state index is 0.0652. The summed E-state index contributed by atoms with van der Waals surface area (Å²) in [6, 6.07) is 0. The first kappa shape index (κ1) is 16.0. The number of morpholine rings is 1. The van der Waals surface area contributed by atoms with Crippen molar-refractivity contribution in [1.82, 2.24) is 4.90 Å². The number of hydrogen-bond donors (Lipinski definition) is 1. The number of carboxylic acids is 1. The summed E-state index contributed by atoms with van der Waals surface area (Å²) in [5.41, 5.74) is 0.0930. The second kappa shape index (κ2) is 6.89. The monoisotopic (exact) mass is 271 g/mol. The molecule has 19 heavy (non-hydrogen) atoms. The van der Waals surface area contributed by atoms with Crippen LogP contribution in [0.25, 0.3) is 0 Å². The molecule has 0 radical (unpaired) electrons. The summed E-state index contributed by atoms with van der Waals surface area (Å²) in [7, 11) is 0. The van der Waals surface area contributed by atoms with Crippen LogP contribution in [0, 0.1) is 11.3 Å². The van der Waals surface area contributed by atoms with Gasteiger partial charge in [-0.3, -0.25) is 9.59 Å². The van der Waals surface area contributed by atoms with E-state index < -0.39 is 11.9 Å². The smallest absolute Gasteiger partial charge is 0.307 e. The molecule has 0 bridgehead atoms. The lowest BCUT2D eigenvalue weighted by Crippen LogP contribution is -2.42. The third-order valence-electron chi connectivity index (χ3n) is 3.38. The van der Waals surface area contributed by atoms with Crippen LogP contribution in [-0.4, -0.2) is 48.2 Å². The van der Waals surface area contributed by atoms with Crippen molar-refractivity contribution in [3.63, 3.8) is 0 Å². The lowest BCUT2D eigenvalue weighted by atomic mass is 9.85. The highest BCUT2D eigenvalue weighted by atomic mass is 16.5. The Morgan fingerprint density at radius 2 is 1.84 bits per heavy atom. The number of hydrogen-bond acceptors (Lipinski definition) is 3. The van der Waals surface area contributed by atoms with Crippen LogP contribution in [0.5, 0.6) is 0 Å². The summed E-state index contributed by atoms with van der Waals surface area (Å²) in [4.78, 5) is 25.0. The minimum atomic E-state index is -0.870. The Morgan fingerprint density at radius 3 is 2.32 bits per heavy atom. The molecule has 0 aromatic heterocycles. The molecule has 0 aromatic rings. The molecule has 1 fully saturated rings. The van der Waals surface area contributed by atoms with Gasteiger partial charge < -0.3 is 14.7 Å². The van der Waals surface area contributed by atoms with Crippen molar-refractivity contribution in [3.8, 4) is 0 Å². The number of amides is 1. The Bertz CT molecular complexity index is 316. The summed E-state index contributed by atoms with van der Waals surface area (Å²) in [5, 5.41) is 9.22. The quantitative estimate of drug-likeness (QED) is 0.827. The molecule has 1 aliphatic rings. The standard InChI is InChI=1S/C14H25NO4/c1-14(2,3)5-4-11(13(17)18)10-12(16)15-6-8-19-9-7-15/h11H,4-10H2,1-3H3,(H,17,18). The largest absolute Gasteiger partial charge is 0.481 e. The highest BCUT2D eigenvalue weighted by Crippen LogP contribution is 2.25. The van der Waals surface area contributed by atoms with E-state index in [0.717, 1.165) is 6.42 Å². The number of carboxylic acid groups (broad SMARTS) is 1. The fraction of sp³-hybridized carbons (Fsp3) is 0.857. The summed E-state index contributed by atoms with van der Waals surface area (Å²) in [5.74, 6) is -1.51. The van der Waals surface area contributed by atoms with Gasteiger partial charge in [0.25, 0.3) is 0 Å². The molecule has 0 saturated carbocycles. The maximum atomic E-state index is 12.0. The van der Waals surface area contributed by atoms with E-state index in [-0.39, 0.29) is 17.7 Å². The van der Waals surface area contributed by atoms with Crippen LogP contribution in [0.1, 0.15) is 40.0 Å². The van der Waals surface area contributed by atoms with Crippen molar-refractivity contribution in [2.75, 3.05) is 26.3 Å². The molecule has 0 aromatic carbocycles. The van der Waals surface area contributed by atoms with Gasteiger partial charge in [0.1, 0.15) is 0 Å². The van der Waals surface area contributed by atoms with E-state index >= 15 is 0 Å². The summed E-state index contributed by atoms with van der Waals surface area (Å²) < 4.78 is 5.18. The number of aliphatic carboxylic acids is 1. The van der Waals surface area contributed by atoms with Crippen molar-refractivity contribution in [2.24, 2.45) is 11.3 Å². The minimum Gasteiger partial charge on any atom is -0.481 e. The molecular formula is C14H25NO4. The first-order valence-corrected chi connectivity index (χ1v) is 6.88. The molecule has 1 atom stereocenters. The molecule has 5 nitrogen and oxygen atoms in total. The molecule has 1 rings (SSSR count). The fourth-order valence-corrected chi connectivity index (χ4v) is 2.07. The van der Waals surface area contributed by atoms with Crippen molar-refractivity contribution in [1.29, 1.82) is 0 Å². The van der Waals surface area contributed by atoms with E-state index in [2.05, 4.69) is 20.8 Å². The lowest BCUT2D eigenvalue weighted by molar-refractivity contribution is -0.147. The van der Waals surface area contributed by atoms with Crippen LogP contribution in [-0.2, 0) is 14.3 Å². The Balaban J connectivity index is 2.48. The molecule has 1 saturated heterocycles. The number of nitrogens with zero attached hydrogens (tertiary/aromatic N) is 1. The van der Waals surface area contributed by atoms with Crippen LogP contribution in [0.2, 0.25) is 0 Å². The number of ether oxygens (including phenoxy) is 1. The zero-order valence-electron chi connectivity index (χ0n) is 12.1. The van der Waals surface area contributed by atoms with E-state index in [9.17, 15) is 14.7 Å². The van der Waals surface area contributed by atoms with Crippen molar-refractivity contribution in [2.45, 2.75) is 40.0 Å². The van der Waals surface area contributed by atoms with Gasteiger partial charge in [-0.05, 0) is 18.3 Å². The normalized spacial score (nSPS) is 18.2. The SMILES string of the molecule is CC(C)(C)CCC(CC(=O)N1CCOCC1)C(=O)O. The zero-order chi connectivity index (χ0) is 14.5. The van der Waals surface area contributed by atoms with Crippen molar-refractivity contribution < 1.29 is 19.4 Å². The average molecular weight is 271 g/mol. The van der Waals surface area contributed by atoms with Crippen molar-refractivity contribution in [3.05, 3.63) is 0 Å². The lowest BCUT2D eigenvalue weighted by Gasteiger charge is -2.28. The molecular weight excluding hydrogens is 246 g/mol. The van der Waals surface area contributed by atoms with E-state index in [4.69, 9.17) is 4.74 Å². The second-order valence-corrected chi connectivity index (χ2v) is 6.33. The summed E-state index contributed by atoms with van der Waals surface area (Å²) in [6.07, 6.45) is 1.46. The number of carbonyl (C=O) groups is 2. The van der Waals surface area contributed by atoms with Crippen LogP contribution < -0.4 is 0 Å². The molecule has 110 valence electrons. The molecule has 1 unspecified atom stereocenters. The highest BCUT2D eigenvalue weighted by Gasteiger charge is 2.26. The van der Waals surface area contributed by atoms with E-state index in [0.29, 0.717) is 32.7 Å².